The first kappa shape index (κ1) is 11.1. The van der Waals surface area contributed by atoms with Crippen LogP contribution in [0.25, 0.3) is 0 Å². The number of aliphatic carboxylic acids is 1. The second kappa shape index (κ2) is 4.18. The lowest BCUT2D eigenvalue weighted by molar-refractivity contribution is -0.152. The molecule has 0 saturated heterocycles. The normalized spacial score (nSPS) is 15.0. The number of hydrogen-bond acceptors (Lipinski definition) is 1. The summed E-state index contributed by atoms with van der Waals surface area (Å²) in [6, 6.07) is 0. The summed E-state index contributed by atoms with van der Waals surface area (Å²) in [6.07, 6.45) is 1.86. The number of hydrogen-bond donors (Lipinski definition) is 1. The SMILES string of the molecule is C/C=C/C(C(=O)O)C(F)(F)CC. The summed E-state index contributed by atoms with van der Waals surface area (Å²) < 4.78 is 25.6. The molecule has 1 N–H and O–H groups in total. The van der Waals surface area contributed by atoms with Crippen molar-refractivity contribution < 1.29 is 18.7 Å². The molecular formula is C8H12F2O2. The van der Waals surface area contributed by atoms with Crippen LogP contribution in [-0.2, 0) is 4.79 Å². The molecule has 12 heavy (non-hydrogen) atoms. The summed E-state index contributed by atoms with van der Waals surface area (Å²) >= 11 is 0. The molecule has 4 heteroatoms. The Morgan fingerprint density at radius 2 is 2.17 bits per heavy atom. The van der Waals surface area contributed by atoms with Gasteiger partial charge in [0.05, 0.1) is 0 Å². The Labute approximate surface area is 69.9 Å². The predicted molar refractivity (Wildman–Crippen MR) is 41.2 cm³/mol. The minimum absolute atomic E-state index is 0.464. The molecule has 0 bridgehead atoms. The summed E-state index contributed by atoms with van der Waals surface area (Å²) in [6.45, 7) is 2.78. The number of allylic oxidation sites excluding steroid dienone is 1. The van der Waals surface area contributed by atoms with Gasteiger partial charge in [-0.25, -0.2) is 8.78 Å². The van der Waals surface area contributed by atoms with Crippen molar-refractivity contribution in [1.82, 2.24) is 0 Å². The average Bonchev–Trinajstić information content (AvgIpc) is 1.99. The minimum Gasteiger partial charge on any atom is -0.481 e. The first-order chi connectivity index (χ1) is 5.45. The van der Waals surface area contributed by atoms with E-state index in [9.17, 15) is 13.6 Å². The zero-order valence-corrected chi connectivity index (χ0v) is 7.05. The predicted octanol–water partition coefficient (Wildman–Crippen LogP) is 2.31. The fourth-order valence-corrected chi connectivity index (χ4v) is 0.816. The van der Waals surface area contributed by atoms with Crippen molar-refractivity contribution >= 4 is 5.97 Å². The third-order valence-corrected chi connectivity index (χ3v) is 1.58. The summed E-state index contributed by atoms with van der Waals surface area (Å²) in [5, 5.41) is 8.44. The topological polar surface area (TPSA) is 37.3 Å². The zero-order valence-electron chi connectivity index (χ0n) is 7.05. The molecule has 2 nitrogen and oxygen atoms in total. The van der Waals surface area contributed by atoms with Crippen molar-refractivity contribution in [2.45, 2.75) is 26.2 Å². The number of rotatable bonds is 4. The molecular weight excluding hydrogens is 166 g/mol. The van der Waals surface area contributed by atoms with Crippen LogP contribution in [0.3, 0.4) is 0 Å². The highest BCUT2D eigenvalue weighted by atomic mass is 19.3. The molecule has 70 valence electrons. The van der Waals surface area contributed by atoms with E-state index in [1.807, 2.05) is 0 Å². The maximum Gasteiger partial charge on any atom is 0.316 e. The van der Waals surface area contributed by atoms with Crippen LogP contribution in [0.2, 0.25) is 0 Å². The van der Waals surface area contributed by atoms with Crippen molar-refractivity contribution in [3.8, 4) is 0 Å². The molecule has 0 aromatic rings. The first-order valence-electron chi connectivity index (χ1n) is 3.69. The largest absolute Gasteiger partial charge is 0.481 e. The lowest BCUT2D eigenvalue weighted by Gasteiger charge is -2.18. The lowest BCUT2D eigenvalue weighted by Crippen LogP contribution is -2.32. The second-order valence-electron chi connectivity index (χ2n) is 2.46. The van der Waals surface area contributed by atoms with Crippen LogP contribution < -0.4 is 0 Å². The van der Waals surface area contributed by atoms with Crippen LogP contribution in [0.15, 0.2) is 12.2 Å². The molecule has 0 fully saturated rings. The Morgan fingerprint density at radius 1 is 1.67 bits per heavy atom. The minimum atomic E-state index is -3.15. The van der Waals surface area contributed by atoms with Gasteiger partial charge in [0, 0.05) is 6.42 Å². The Morgan fingerprint density at radius 3 is 2.42 bits per heavy atom. The third-order valence-electron chi connectivity index (χ3n) is 1.58. The molecule has 0 aliphatic rings. The van der Waals surface area contributed by atoms with Crippen LogP contribution >= 0.6 is 0 Å². The fourth-order valence-electron chi connectivity index (χ4n) is 0.816. The molecule has 0 aromatic carbocycles. The van der Waals surface area contributed by atoms with Gasteiger partial charge in [0.25, 0.3) is 5.92 Å². The quantitative estimate of drug-likeness (QED) is 0.670. The van der Waals surface area contributed by atoms with Crippen molar-refractivity contribution in [2.24, 2.45) is 5.92 Å². The molecule has 1 atom stereocenters. The van der Waals surface area contributed by atoms with Gasteiger partial charge in [-0.05, 0) is 6.92 Å². The second-order valence-corrected chi connectivity index (χ2v) is 2.46. The molecule has 0 radical (unpaired) electrons. The van der Waals surface area contributed by atoms with E-state index < -0.39 is 24.2 Å². The fraction of sp³-hybridized carbons (Fsp3) is 0.625. The Bertz CT molecular complexity index is 187. The zero-order chi connectivity index (χ0) is 9.78. The summed E-state index contributed by atoms with van der Waals surface area (Å²) in [7, 11) is 0. The van der Waals surface area contributed by atoms with Gasteiger partial charge in [0.1, 0.15) is 5.92 Å². The maximum absolute atomic E-state index is 12.8. The number of carboxylic acids is 1. The monoisotopic (exact) mass is 178 g/mol. The van der Waals surface area contributed by atoms with E-state index in [-0.39, 0.29) is 0 Å². The van der Waals surface area contributed by atoms with E-state index >= 15 is 0 Å². The van der Waals surface area contributed by atoms with Gasteiger partial charge in [-0.15, -0.1) is 0 Å². The number of halogens is 2. The van der Waals surface area contributed by atoms with E-state index in [0.29, 0.717) is 0 Å². The number of carbonyl (C=O) groups is 1. The first-order valence-corrected chi connectivity index (χ1v) is 3.69. The van der Waals surface area contributed by atoms with Gasteiger partial charge < -0.3 is 5.11 Å². The van der Waals surface area contributed by atoms with Crippen molar-refractivity contribution in [3.63, 3.8) is 0 Å². The standard InChI is InChI=1S/C8H12F2O2/c1-3-5-6(7(11)12)8(9,10)4-2/h3,5-6H,4H2,1-2H3,(H,11,12)/b5-3+. The molecule has 0 spiro atoms. The van der Waals surface area contributed by atoms with Crippen LogP contribution in [0.4, 0.5) is 8.78 Å². The van der Waals surface area contributed by atoms with Gasteiger partial charge in [0.15, 0.2) is 0 Å². The highest BCUT2D eigenvalue weighted by Gasteiger charge is 2.40. The molecule has 0 aliphatic heterocycles. The number of carboxylic acid groups (broad SMARTS) is 1. The van der Waals surface area contributed by atoms with E-state index in [1.165, 1.54) is 19.9 Å². The third kappa shape index (κ3) is 2.60. The van der Waals surface area contributed by atoms with Gasteiger partial charge in [0.2, 0.25) is 0 Å². The molecule has 1 unspecified atom stereocenters. The molecule has 0 aromatic heterocycles. The van der Waals surface area contributed by atoms with Crippen molar-refractivity contribution in [3.05, 3.63) is 12.2 Å². The molecule has 0 amide bonds. The highest BCUT2D eigenvalue weighted by molar-refractivity contribution is 5.73. The summed E-state index contributed by atoms with van der Waals surface area (Å²) in [4.78, 5) is 10.4. The van der Waals surface area contributed by atoms with Crippen LogP contribution in [0.1, 0.15) is 20.3 Å². The Hall–Kier alpha value is -0.930. The van der Waals surface area contributed by atoms with E-state index in [1.54, 1.807) is 0 Å². The summed E-state index contributed by atoms with van der Waals surface area (Å²) in [5.41, 5.74) is 0. The van der Waals surface area contributed by atoms with Crippen LogP contribution in [0, 0.1) is 5.92 Å². The lowest BCUT2D eigenvalue weighted by atomic mass is 9.99. The molecule has 0 heterocycles. The van der Waals surface area contributed by atoms with Gasteiger partial charge in [-0.2, -0.15) is 0 Å². The summed E-state index contributed by atoms with van der Waals surface area (Å²) in [5.74, 6) is -6.34. The van der Waals surface area contributed by atoms with E-state index in [2.05, 4.69) is 0 Å². The Kier molecular flexibility index (Phi) is 3.86. The molecule has 0 aliphatic carbocycles. The van der Waals surface area contributed by atoms with Gasteiger partial charge in [-0.1, -0.05) is 19.1 Å². The van der Waals surface area contributed by atoms with Gasteiger partial charge >= 0.3 is 5.97 Å². The number of alkyl halides is 2. The smallest absolute Gasteiger partial charge is 0.316 e. The Balaban J connectivity index is 4.61. The van der Waals surface area contributed by atoms with Crippen molar-refractivity contribution in [2.75, 3.05) is 0 Å². The molecule has 0 rings (SSSR count). The maximum atomic E-state index is 12.8. The van der Waals surface area contributed by atoms with Crippen molar-refractivity contribution in [1.29, 1.82) is 0 Å². The highest BCUT2D eigenvalue weighted by Crippen LogP contribution is 2.29. The molecule has 0 saturated carbocycles. The van der Waals surface area contributed by atoms with Gasteiger partial charge in [-0.3, -0.25) is 4.79 Å². The van der Waals surface area contributed by atoms with Crippen LogP contribution in [-0.4, -0.2) is 17.0 Å². The average molecular weight is 178 g/mol. The van der Waals surface area contributed by atoms with Crippen LogP contribution in [0.5, 0.6) is 0 Å². The van der Waals surface area contributed by atoms with E-state index in [0.717, 1.165) is 6.08 Å². The van der Waals surface area contributed by atoms with E-state index in [4.69, 9.17) is 5.11 Å².